The van der Waals surface area contributed by atoms with Gasteiger partial charge in [-0.2, -0.15) is 0 Å². The number of allylic oxidation sites excluding steroid dienone is 2. The summed E-state index contributed by atoms with van der Waals surface area (Å²) in [5.74, 6) is -3.52. The Kier molecular flexibility index (Phi) is 6.71. The summed E-state index contributed by atoms with van der Waals surface area (Å²) in [6, 6.07) is 7.09. The summed E-state index contributed by atoms with van der Waals surface area (Å²) in [5.41, 5.74) is 1.43. The van der Waals surface area contributed by atoms with Crippen LogP contribution >= 0.6 is 22.9 Å². The molecule has 0 saturated carbocycles. The maximum Gasteiger partial charge on any atom is 0.341 e. The number of carbonyl (C=O) groups is 3. The van der Waals surface area contributed by atoms with E-state index in [1.54, 1.807) is 48.7 Å². The standard InChI is InChI=1S/C21H20ClNO5S/c1-2-28-21(27)17-15(12-7-5-6-10-16(12)22)11-29-19(17)23-18(24)13-8-3-4-9-14(13)20(25)26/h3-7,10-11,13-14H,2,8-9H2,1H3,(H,23,24)(H,25,26)/t13-,14+/m0/s1. The molecule has 2 aromatic rings. The molecule has 0 fully saturated rings. The Balaban J connectivity index is 1.96. The molecular formula is C21H20ClNO5S. The highest BCUT2D eigenvalue weighted by Gasteiger charge is 2.35. The van der Waals surface area contributed by atoms with Crippen LogP contribution < -0.4 is 5.32 Å². The van der Waals surface area contributed by atoms with E-state index in [2.05, 4.69) is 5.32 Å². The maximum atomic E-state index is 12.8. The topological polar surface area (TPSA) is 92.7 Å². The lowest BCUT2D eigenvalue weighted by molar-refractivity contribution is -0.146. The SMILES string of the molecule is CCOC(=O)c1c(-c2ccccc2Cl)csc1NC(=O)[C@H]1CC=CC[C@H]1C(=O)O. The van der Waals surface area contributed by atoms with E-state index in [0.717, 1.165) is 0 Å². The molecule has 1 heterocycles. The van der Waals surface area contributed by atoms with Crippen LogP contribution in [-0.2, 0) is 14.3 Å². The molecule has 3 rings (SSSR count). The summed E-state index contributed by atoms with van der Waals surface area (Å²) in [4.78, 5) is 37.0. The number of rotatable bonds is 6. The molecule has 29 heavy (non-hydrogen) atoms. The van der Waals surface area contributed by atoms with Gasteiger partial charge in [-0.25, -0.2) is 4.79 Å². The van der Waals surface area contributed by atoms with Crippen molar-refractivity contribution in [3.05, 3.63) is 52.4 Å². The fourth-order valence-corrected chi connectivity index (χ4v) is 4.50. The van der Waals surface area contributed by atoms with Crippen molar-refractivity contribution < 1.29 is 24.2 Å². The normalized spacial score (nSPS) is 18.3. The maximum absolute atomic E-state index is 12.8. The Morgan fingerprint density at radius 3 is 2.52 bits per heavy atom. The summed E-state index contributed by atoms with van der Waals surface area (Å²) in [6.07, 6.45) is 4.21. The van der Waals surface area contributed by atoms with Crippen LogP contribution in [0.3, 0.4) is 0 Å². The van der Waals surface area contributed by atoms with Crippen molar-refractivity contribution in [2.24, 2.45) is 11.8 Å². The fourth-order valence-electron chi connectivity index (χ4n) is 3.32. The lowest BCUT2D eigenvalue weighted by atomic mass is 9.82. The molecule has 1 aliphatic carbocycles. The van der Waals surface area contributed by atoms with Gasteiger partial charge in [0.15, 0.2) is 0 Å². The smallest absolute Gasteiger partial charge is 0.341 e. The highest BCUT2D eigenvalue weighted by molar-refractivity contribution is 7.15. The zero-order valence-corrected chi connectivity index (χ0v) is 17.3. The van der Waals surface area contributed by atoms with Crippen molar-refractivity contribution in [3.8, 4) is 11.1 Å². The van der Waals surface area contributed by atoms with Gasteiger partial charge in [-0.3, -0.25) is 9.59 Å². The largest absolute Gasteiger partial charge is 0.481 e. The highest BCUT2D eigenvalue weighted by Crippen LogP contribution is 2.39. The first kappa shape index (κ1) is 21.1. The number of nitrogens with one attached hydrogen (secondary N) is 1. The number of aliphatic carboxylic acids is 1. The minimum absolute atomic E-state index is 0.179. The van der Waals surface area contributed by atoms with Gasteiger partial charge in [-0.05, 0) is 25.8 Å². The number of halogens is 1. The number of anilines is 1. The predicted molar refractivity (Wildman–Crippen MR) is 112 cm³/mol. The third-order valence-electron chi connectivity index (χ3n) is 4.76. The van der Waals surface area contributed by atoms with Crippen LogP contribution in [-0.4, -0.2) is 29.6 Å². The van der Waals surface area contributed by atoms with Gasteiger partial charge in [-0.15, -0.1) is 11.3 Å². The van der Waals surface area contributed by atoms with E-state index in [1.165, 1.54) is 11.3 Å². The molecule has 1 aliphatic rings. The van der Waals surface area contributed by atoms with E-state index < -0.39 is 29.7 Å². The summed E-state index contributed by atoms with van der Waals surface area (Å²) in [5, 5.41) is 14.7. The van der Waals surface area contributed by atoms with Gasteiger partial charge in [0, 0.05) is 21.5 Å². The molecule has 0 saturated heterocycles. The second kappa shape index (κ2) is 9.24. The number of hydrogen-bond donors (Lipinski definition) is 2. The molecule has 6 nitrogen and oxygen atoms in total. The molecule has 2 N–H and O–H groups in total. The lowest BCUT2D eigenvalue weighted by Crippen LogP contribution is -2.34. The van der Waals surface area contributed by atoms with Crippen molar-refractivity contribution in [1.82, 2.24) is 0 Å². The first-order valence-electron chi connectivity index (χ1n) is 9.16. The van der Waals surface area contributed by atoms with Gasteiger partial charge in [0.05, 0.1) is 18.4 Å². The van der Waals surface area contributed by atoms with Gasteiger partial charge < -0.3 is 15.2 Å². The van der Waals surface area contributed by atoms with E-state index in [4.69, 9.17) is 16.3 Å². The molecule has 0 aliphatic heterocycles. The second-order valence-corrected chi connectivity index (χ2v) is 7.82. The Hall–Kier alpha value is -2.64. The average Bonchev–Trinajstić information content (AvgIpc) is 3.11. The average molecular weight is 434 g/mol. The number of carboxylic acid groups (broad SMARTS) is 1. The van der Waals surface area contributed by atoms with E-state index in [0.29, 0.717) is 34.0 Å². The van der Waals surface area contributed by atoms with Crippen molar-refractivity contribution in [2.75, 3.05) is 11.9 Å². The third-order valence-corrected chi connectivity index (χ3v) is 5.98. The number of esters is 1. The molecule has 8 heteroatoms. The molecule has 0 radical (unpaired) electrons. The monoisotopic (exact) mass is 433 g/mol. The van der Waals surface area contributed by atoms with Crippen LogP contribution in [0.1, 0.15) is 30.1 Å². The lowest BCUT2D eigenvalue weighted by Gasteiger charge is -2.24. The van der Waals surface area contributed by atoms with Crippen LogP contribution in [0.15, 0.2) is 41.8 Å². The zero-order chi connectivity index (χ0) is 21.0. The van der Waals surface area contributed by atoms with Crippen molar-refractivity contribution in [3.63, 3.8) is 0 Å². The van der Waals surface area contributed by atoms with Crippen LogP contribution in [0.25, 0.3) is 11.1 Å². The Morgan fingerprint density at radius 1 is 1.17 bits per heavy atom. The molecule has 2 atom stereocenters. The minimum Gasteiger partial charge on any atom is -0.481 e. The number of ether oxygens (including phenoxy) is 1. The molecular weight excluding hydrogens is 414 g/mol. The molecule has 1 aromatic carbocycles. The molecule has 1 amide bonds. The number of amides is 1. The quantitative estimate of drug-likeness (QED) is 0.501. The van der Waals surface area contributed by atoms with E-state index >= 15 is 0 Å². The first-order chi connectivity index (χ1) is 13.9. The molecule has 0 unspecified atom stereocenters. The van der Waals surface area contributed by atoms with Gasteiger partial charge in [0.1, 0.15) is 10.6 Å². The van der Waals surface area contributed by atoms with Crippen molar-refractivity contribution >= 4 is 45.8 Å². The molecule has 1 aromatic heterocycles. The first-order valence-corrected chi connectivity index (χ1v) is 10.4. The molecule has 0 spiro atoms. The number of hydrogen-bond acceptors (Lipinski definition) is 5. The van der Waals surface area contributed by atoms with Gasteiger partial charge in [-0.1, -0.05) is 42.0 Å². The van der Waals surface area contributed by atoms with E-state index in [-0.39, 0.29) is 12.2 Å². The van der Waals surface area contributed by atoms with Crippen molar-refractivity contribution in [1.29, 1.82) is 0 Å². The number of carbonyl (C=O) groups excluding carboxylic acids is 2. The molecule has 0 bridgehead atoms. The summed E-state index contributed by atoms with van der Waals surface area (Å²) >= 11 is 7.47. The number of carboxylic acids is 1. The highest BCUT2D eigenvalue weighted by atomic mass is 35.5. The Labute approximate surface area is 177 Å². The van der Waals surface area contributed by atoms with Gasteiger partial charge in [0.25, 0.3) is 0 Å². The zero-order valence-electron chi connectivity index (χ0n) is 15.7. The van der Waals surface area contributed by atoms with Gasteiger partial charge in [0.2, 0.25) is 5.91 Å². The summed E-state index contributed by atoms with van der Waals surface area (Å²) in [6.45, 7) is 1.88. The van der Waals surface area contributed by atoms with Crippen LogP contribution in [0.4, 0.5) is 5.00 Å². The summed E-state index contributed by atoms with van der Waals surface area (Å²) in [7, 11) is 0. The summed E-state index contributed by atoms with van der Waals surface area (Å²) < 4.78 is 5.18. The van der Waals surface area contributed by atoms with E-state index in [9.17, 15) is 19.5 Å². The van der Waals surface area contributed by atoms with Crippen LogP contribution in [0.5, 0.6) is 0 Å². The van der Waals surface area contributed by atoms with E-state index in [1.807, 2.05) is 0 Å². The fraction of sp³-hybridized carbons (Fsp3) is 0.286. The minimum atomic E-state index is -1.01. The van der Waals surface area contributed by atoms with Crippen LogP contribution in [0.2, 0.25) is 5.02 Å². The Bertz CT molecular complexity index is 968. The van der Waals surface area contributed by atoms with Gasteiger partial charge >= 0.3 is 11.9 Å². The predicted octanol–water partition coefficient (Wildman–Crippen LogP) is 4.85. The van der Waals surface area contributed by atoms with Crippen molar-refractivity contribution in [2.45, 2.75) is 19.8 Å². The van der Waals surface area contributed by atoms with Crippen LogP contribution in [0, 0.1) is 11.8 Å². The third kappa shape index (κ3) is 4.52. The Morgan fingerprint density at radius 2 is 1.86 bits per heavy atom. The number of benzene rings is 1. The number of thiophene rings is 1. The molecule has 152 valence electrons. The second-order valence-electron chi connectivity index (χ2n) is 6.54.